The Bertz CT molecular complexity index is 503. The highest BCUT2D eigenvalue weighted by atomic mass is 16.6. The molecule has 3 rings (SSSR count). The maximum atomic E-state index is 10.7. The van der Waals surface area contributed by atoms with Crippen LogP contribution in [-0.4, -0.2) is 16.5 Å². The van der Waals surface area contributed by atoms with Crippen LogP contribution in [0.25, 0.3) is 0 Å². The molecule has 0 spiro atoms. The molecule has 3 unspecified atom stereocenters. The minimum Gasteiger partial charge on any atom is -0.370 e. The van der Waals surface area contributed by atoms with E-state index in [0.717, 1.165) is 30.1 Å². The fraction of sp³-hybridized carbons (Fsp3) is 0.643. The van der Waals surface area contributed by atoms with Crippen molar-refractivity contribution in [3.63, 3.8) is 0 Å². The van der Waals surface area contributed by atoms with Crippen LogP contribution in [-0.2, 0) is 0 Å². The van der Waals surface area contributed by atoms with Gasteiger partial charge in [-0.2, -0.15) is 0 Å². The summed E-state index contributed by atoms with van der Waals surface area (Å²) in [5, 5.41) is 14.1. The molecule has 0 radical (unpaired) electrons. The summed E-state index contributed by atoms with van der Waals surface area (Å²) in [5.74, 6) is 3.35. The van der Waals surface area contributed by atoms with Gasteiger partial charge in [0, 0.05) is 12.6 Å². The van der Waals surface area contributed by atoms with Gasteiger partial charge in [-0.1, -0.05) is 6.42 Å². The summed E-state index contributed by atoms with van der Waals surface area (Å²) >= 11 is 0. The summed E-state index contributed by atoms with van der Waals surface area (Å²) in [5.41, 5.74) is 0.563. The van der Waals surface area contributed by atoms with Gasteiger partial charge in [0.15, 0.2) is 0 Å². The number of hydrogen-bond donors (Lipinski definition) is 1. The number of rotatable bonds is 4. The molecule has 3 atom stereocenters. The van der Waals surface area contributed by atoms with Crippen LogP contribution in [0.15, 0.2) is 12.1 Å². The van der Waals surface area contributed by atoms with Crippen LogP contribution in [0.4, 0.5) is 11.5 Å². The van der Waals surface area contributed by atoms with Gasteiger partial charge < -0.3 is 5.32 Å². The van der Waals surface area contributed by atoms with Crippen molar-refractivity contribution >= 4 is 11.5 Å². The first-order valence-corrected chi connectivity index (χ1v) is 6.99. The molecule has 1 heterocycles. The van der Waals surface area contributed by atoms with E-state index in [9.17, 15) is 10.1 Å². The third-order valence-electron chi connectivity index (χ3n) is 4.68. The first-order chi connectivity index (χ1) is 9.13. The Hall–Kier alpha value is -1.65. The molecule has 5 heteroatoms. The molecule has 0 aromatic carbocycles. The van der Waals surface area contributed by atoms with Gasteiger partial charge in [-0.3, -0.25) is 10.1 Å². The summed E-state index contributed by atoms with van der Waals surface area (Å²) in [6, 6.07) is 3.24. The molecule has 19 heavy (non-hydrogen) atoms. The van der Waals surface area contributed by atoms with Gasteiger partial charge in [-0.25, -0.2) is 4.98 Å². The van der Waals surface area contributed by atoms with Crippen molar-refractivity contribution in [3.05, 3.63) is 27.9 Å². The zero-order chi connectivity index (χ0) is 13.4. The maximum absolute atomic E-state index is 10.7. The lowest BCUT2D eigenvalue weighted by atomic mass is 9.89. The van der Waals surface area contributed by atoms with Crippen LogP contribution in [0.1, 0.15) is 31.4 Å². The van der Waals surface area contributed by atoms with Gasteiger partial charge >= 0.3 is 0 Å². The number of aromatic nitrogens is 1. The van der Waals surface area contributed by atoms with E-state index in [1.807, 2.05) is 0 Å². The Kier molecular flexibility index (Phi) is 3.12. The fourth-order valence-electron chi connectivity index (χ4n) is 3.71. The third kappa shape index (κ3) is 2.41. The second-order valence-electron chi connectivity index (χ2n) is 5.87. The Morgan fingerprint density at radius 3 is 2.84 bits per heavy atom. The first kappa shape index (κ1) is 12.4. The van der Waals surface area contributed by atoms with E-state index in [1.54, 1.807) is 13.0 Å². The van der Waals surface area contributed by atoms with Crippen LogP contribution in [0.2, 0.25) is 0 Å². The van der Waals surface area contributed by atoms with Crippen molar-refractivity contribution in [2.75, 3.05) is 11.9 Å². The lowest BCUT2D eigenvalue weighted by Crippen LogP contribution is -2.20. The molecule has 2 saturated carbocycles. The molecule has 1 aromatic heterocycles. The summed E-state index contributed by atoms with van der Waals surface area (Å²) < 4.78 is 0. The largest absolute Gasteiger partial charge is 0.370 e. The molecule has 1 N–H and O–H groups in total. The molecular weight excluding hydrogens is 242 g/mol. The lowest BCUT2D eigenvalue weighted by Gasteiger charge is -2.22. The van der Waals surface area contributed by atoms with E-state index < -0.39 is 0 Å². The van der Waals surface area contributed by atoms with Gasteiger partial charge in [0.25, 0.3) is 5.69 Å². The van der Waals surface area contributed by atoms with Crippen molar-refractivity contribution in [2.24, 2.45) is 17.8 Å². The third-order valence-corrected chi connectivity index (χ3v) is 4.68. The topological polar surface area (TPSA) is 68.1 Å². The van der Waals surface area contributed by atoms with Gasteiger partial charge in [-0.15, -0.1) is 0 Å². The summed E-state index contributed by atoms with van der Waals surface area (Å²) in [6.45, 7) is 2.63. The Balaban J connectivity index is 1.61. The van der Waals surface area contributed by atoms with Crippen molar-refractivity contribution in [2.45, 2.75) is 32.6 Å². The molecule has 2 fully saturated rings. The molecule has 2 aliphatic carbocycles. The Labute approximate surface area is 112 Å². The van der Waals surface area contributed by atoms with E-state index in [0.29, 0.717) is 5.69 Å². The van der Waals surface area contributed by atoms with Gasteiger partial charge in [0.05, 0.1) is 4.92 Å². The van der Waals surface area contributed by atoms with Crippen LogP contribution < -0.4 is 5.32 Å². The number of nitrogens with zero attached hydrogens (tertiary/aromatic N) is 2. The molecule has 0 amide bonds. The minimum absolute atomic E-state index is 0.0884. The van der Waals surface area contributed by atoms with Crippen LogP contribution >= 0.6 is 0 Å². The summed E-state index contributed by atoms with van der Waals surface area (Å²) in [7, 11) is 0. The van der Waals surface area contributed by atoms with Gasteiger partial charge in [0.2, 0.25) is 0 Å². The van der Waals surface area contributed by atoms with Crippen molar-refractivity contribution in [3.8, 4) is 0 Å². The average molecular weight is 261 g/mol. The van der Waals surface area contributed by atoms with Gasteiger partial charge in [-0.05, 0) is 50.0 Å². The molecule has 0 saturated heterocycles. The minimum atomic E-state index is -0.387. The molecule has 102 valence electrons. The Morgan fingerprint density at radius 2 is 2.26 bits per heavy atom. The monoisotopic (exact) mass is 261 g/mol. The summed E-state index contributed by atoms with van der Waals surface area (Å²) in [6.07, 6.45) is 5.53. The predicted molar refractivity (Wildman–Crippen MR) is 73.1 cm³/mol. The fourth-order valence-corrected chi connectivity index (χ4v) is 3.71. The zero-order valence-corrected chi connectivity index (χ0v) is 11.1. The standard InChI is InChI=1S/C14H19N3O2/c1-9-13(17(18)19)4-5-14(16-9)15-8-12-7-10-2-3-11(12)6-10/h4-5,10-12H,2-3,6-8H2,1H3,(H,15,16). The molecule has 2 bridgehead atoms. The molecule has 5 nitrogen and oxygen atoms in total. The highest BCUT2D eigenvalue weighted by Gasteiger charge is 2.39. The lowest BCUT2D eigenvalue weighted by molar-refractivity contribution is -0.385. The van der Waals surface area contributed by atoms with E-state index in [1.165, 1.54) is 31.7 Å². The SMILES string of the molecule is Cc1nc(NCC2CC3CCC2C3)ccc1[N+](=O)[O-]. The van der Waals surface area contributed by atoms with Crippen molar-refractivity contribution in [1.29, 1.82) is 0 Å². The van der Waals surface area contributed by atoms with Crippen LogP contribution in [0, 0.1) is 34.8 Å². The highest BCUT2D eigenvalue weighted by molar-refractivity contribution is 5.44. The van der Waals surface area contributed by atoms with E-state index >= 15 is 0 Å². The number of pyridine rings is 1. The van der Waals surface area contributed by atoms with Crippen LogP contribution in [0.5, 0.6) is 0 Å². The predicted octanol–water partition coefficient (Wildman–Crippen LogP) is 3.15. The van der Waals surface area contributed by atoms with Crippen molar-refractivity contribution < 1.29 is 4.92 Å². The average Bonchev–Trinajstić information content (AvgIpc) is 2.98. The summed E-state index contributed by atoms with van der Waals surface area (Å²) in [4.78, 5) is 14.6. The normalized spacial score (nSPS) is 28.6. The number of hydrogen-bond acceptors (Lipinski definition) is 4. The smallest absolute Gasteiger partial charge is 0.290 e. The molecule has 1 aromatic rings. The van der Waals surface area contributed by atoms with Crippen molar-refractivity contribution in [1.82, 2.24) is 4.98 Å². The number of aryl methyl sites for hydroxylation is 1. The number of anilines is 1. The molecule has 2 aliphatic rings. The number of nitro groups is 1. The molecular formula is C14H19N3O2. The first-order valence-electron chi connectivity index (χ1n) is 6.99. The quantitative estimate of drug-likeness (QED) is 0.667. The van der Waals surface area contributed by atoms with Gasteiger partial charge in [0.1, 0.15) is 11.5 Å². The second kappa shape index (κ2) is 4.79. The van der Waals surface area contributed by atoms with E-state index in [2.05, 4.69) is 10.3 Å². The number of fused-ring (bicyclic) bond motifs is 2. The van der Waals surface area contributed by atoms with Crippen LogP contribution in [0.3, 0.4) is 0 Å². The maximum Gasteiger partial charge on any atom is 0.290 e. The highest BCUT2D eigenvalue weighted by Crippen LogP contribution is 2.48. The molecule has 0 aliphatic heterocycles. The second-order valence-corrected chi connectivity index (χ2v) is 5.87. The number of nitrogens with one attached hydrogen (secondary N) is 1. The zero-order valence-electron chi connectivity index (χ0n) is 11.1. The Morgan fingerprint density at radius 1 is 1.42 bits per heavy atom. The van der Waals surface area contributed by atoms with E-state index in [-0.39, 0.29) is 10.6 Å². The van der Waals surface area contributed by atoms with E-state index in [4.69, 9.17) is 0 Å².